The molecule has 3 amide bonds. The third-order valence-corrected chi connectivity index (χ3v) is 5.79. The zero-order valence-corrected chi connectivity index (χ0v) is 19.0. The summed E-state index contributed by atoms with van der Waals surface area (Å²) < 4.78 is 0. The van der Waals surface area contributed by atoms with Crippen molar-refractivity contribution in [1.82, 2.24) is 15.5 Å². The van der Waals surface area contributed by atoms with Gasteiger partial charge in [-0.15, -0.1) is 0 Å². The fraction of sp³-hybridized carbons (Fsp3) is 0.737. The molecule has 0 aliphatic carbocycles. The van der Waals surface area contributed by atoms with Crippen molar-refractivity contribution in [2.75, 3.05) is 18.6 Å². The molecule has 0 aromatic carbocycles. The maximum Gasteiger partial charge on any atom is 0.326 e. The van der Waals surface area contributed by atoms with Crippen LogP contribution in [0.4, 0.5) is 0 Å². The lowest BCUT2D eigenvalue weighted by Crippen LogP contribution is -2.58. The Morgan fingerprint density at radius 3 is 2.31 bits per heavy atom. The van der Waals surface area contributed by atoms with Gasteiger partial charge >= 0.3 is 11.9 Å². The zero-order chi connectivity index (χ0) is 24.4. The molecule has 12 nitrogen and oxygen atoms in total. The van der Waals surface area contributed by atoms with Gasteiger partial charge in [-0.2, -0.15) is 11.8 Å². The highest BCUT2D eigenvalue weighted by Gasteiger charge is 2.39. The first-order valence-electron chi connectivity index (χ1n) is 10.3. The minimum Gasteiger partial charge on any atom is -0.481 e. The van der Waals surface area contributed by atoms with Crippen LogP contribution in [0.2, 0.25) is 0 Å². The van der Waals surface area contributed by atoms with Gasteiger partial charge in [-0.3, -0.25) is 19.2 Å². The first-order chi connectivity index (χ1) is 15.0. The van der Waals surface area contributed by atoms with E-state index in [1.807, 2.05) is 6.26 Å². The fourth-order valence-electron chi connectivity index (χ4n) is 3.28. The fourth-order valence-corrected chi connectivity index (χ4v) is 3.75. The monoisotopic (exact) mass is 476 g/mol. The Balaban J connectivity index is 2.92. The van der Waals surface area contributed by atoms with Crippen molar-refractivity contribution in [3.8, 4) is 0 Å². The number of carboxylic acids is 2. The Morgan fingerprint density at radius 2 is 1.78 bits per heavy atom. The van der Waals surface area contributed by atoms with Crippen LogP contribution in [-0.2, 0) is 24.0 Å². The van der Waals surface area contributed by atoms with E-state index in [1.54, 1.807) is 0 Å². The molecule has 1 fully saturated rings. The van der Waals surface area contributed by atoms with Gasteiger partial charge in [-0.1, -0.05) is 0 Å². The minimum atomic E-state index is -1.40. The number of amides is 3. The summed E-state index contributed by atoms with van der Waals surface area (Å²) in [4.78, 5) is 61.5. The minimum absolute atomic E-state index is 0.248. The maximum absolute atomic E-state index is 13.2. The number of aliphatic hydroxyl groups excluding tert-OH is 1. The van der Waals surface area contributed by atoms with Crippen LogP contribution in [0.5, 0.6) is 0 Å². The third kappa shape index (κ3) is 8.28. The highest BCUT2D eigenvalue weighted by atomic mass is 32.2. The Bertz CT molecular complexity index is 705. The molecule has 32 heavy (non-hydrogen) atoms. The Morgan fingerprint density at radius 1 is 1.12 bits per heavy atom. The van der Waals surface area contributed by atoms with Gasteiger partial charge in [0.25, 0.3) is 0 Å². The molecular formula is C19H32N4O8S. The average molecular weight is 477 g/mol. The molecule has 0 spiro atoms. The molecule has 13 heteroatoms. The number of likely N-dealkylation sites (tertiary alicyclic amines) is 1. The number of nitrogens with two attached hydrogens (primary N) is 1. The lowest BCUT2D eigenvalue weighted by Gasteiger charge is -2.30. The number of rotatable bonds is 13. The molecule has 1 aliphatic rings. The highest BCUT2D eigenvalue weighted by molar-refractivity contribution is 7.98. The molecule has 0 bridgehead atoms. The van der Waals surface area contributed by atoms with Crippen LogP contribution < -0.4 is 16.4 Å². The lowest BCUT2D eigenvalue weighted by atomic mass is 10.1. The first kappa shape index (κ1) is 27.7. The highest BCUT2D eigenvalue weighted by Crippen LogP contribution is 2.20. The van der Waals surface area contributed by atoms with Crippen LogP contribution >= 0.6 is 11.8 Å². The van der Waals surface area contributed by atoms with E-state index < -0.39 is 66.4 Å². The van der Waals surface area contributed by atoms with E-state index >= 15 is 0 Å². The molecule has 1 aliphatic heterocycles. The maximum atomic E-state index is 13.2. The Kier molecular flexibility index (Phi) is 11.4. The van der Waals surface area contributed by atoms with Gasteiger partial charge in [0.15, 0.2) is 0 Å². The van der Waals surface area contributed by atoms with Gasteiger partial charge < -0.3 is 36.6 Å². The van der Waals surface area contributed by atoms with Gasteiger partial charge in [0.1, 0.15) is 24.2 Å². The van der Waals surface area contributed by atoms with Crippen molar-refractivity contribution >= 4 is 41.4 Å². The molecule has 0 radical (unpaired) electrons. The number of aliphatic carboxylic acids is 2. The molecule has 5 unspecified atom stereocenters. The van der Waals surface area contributed by atoms with E-state index in [1.165, 1.54) is 23.6 Å². The molecule has 1 saturated heterocycles. The molecule has 0 saturated carbocycles. The van der Waals surface area contributed by atoms with Crippen LogP contribution in [0.25, 0.3) is 0 Å². The van der Waals surface area contributed by atoms with Gasteiger partial charge in [-0.05, 0) is 44.6 Å². The second kappa shape index (κ2) is 13.2. The van der Waals surface area contributed by atoms with E-state index in [0.29, 0.717) is 18.6 Å². The number of nitrogens with one attached hydrogen (secondary N) is 2. The number of carboxylic acid groups (broad SMARTS) is 2. The molecule has 5 atom stereocenters. The second-order valence-corrected chi connectivity index (χ2v) is 8.62. The normalized spacial score (nSPS) is 19.5. The largest absolute Gasteiger partial charge is 0.481 e. The molecule has 7 N–H and O–H groups in total. The molecular weight excluding hydrogens is 444 g/mol. The van der Waals surface area contributed by atoms with Crippen molar-refractivity contribution in [2.24, 2.45) is 5.73 Å². The SMILES string of the molecule is CSCCC(NC(=O)C(N)C(C)O)C(=O)N1CCCC1C(=O)NC(CCC(=O)O)C(=O)O. The van der Waals surface area contributed by atoms with E-state index in [2.05, 4.69) is 10.6 Å². The number of nitrogens with zero attached hydrogens (tertiary/aromatic N) is 1. The summed E-state index contributed by atoms with van der Waals surface area (Å²) >= 11 is 1.46. The number of thioether (sulfide) groups is 1. The summed E-state index contributed by atoms with van der Waals surface area (Å²) in [6, 6.07) is -4.52. The number of hydrogen-bond acceptors (Lipinski definition) is 8. The van der Waals surface area contributed by atoms with Crippen molar-refractivity contribution in [3.63, 3.8) is 0 Å². The number of aliphatic hydroxyl groups is 1. The van der Waals surface area contributed by atoms with Crippen LogP contribution in [0.1, 0.15) is 39.0 Å². The predicted octanol–water partition coefficient (Wildman–Crippen LogP) is -1.64. The average Bonchev–Trinajstić information content (AvgIpc) is 3.22. The third-order valence-electron chi connectivity index (χ3n) is 5.15. The van der Waals surface area contributed by atoms with Crippen LogP contribution in [0, 0.1) is 0 Å². The van der Waals surface area contributed by atoms with E-state index in [9.17, 15) is 34.2 Å². The lowest BCUT2D eigenvalue weighted by molar-refractivity contribution is -0.145. The van der Waals surface area contributed by atoms with Crippen LogP contribution in [0.3, 0.4) is 0 Å². The zero-order valence-electron chi connectivity index (χ0n) is 18.2. The number of carbonyl (C=O) groups excluding carboxylic acids is 3. The van der Waals surface area contributed by atoms with Crippen LogP contribution in [-0.4, -0.2) is 98.7 Å². The number of carbonyl (C=O) groups is 5. The van der Waals surface area contributed by atoms with Gasteiger partial charge in [0.2, 0.25) is 17.7 Å². The van der Waals surface area contributed by atoms with Gasteiger partial charge in [0.05, 0.1) is 6.10 Å². The molecule has 0 aromatic heterocycles. The van der Waals surface area contributed by atoms with E-state index in [4.69, 9.17) is 10.8 Å². The topological polar surface area (TPSA) is 199 Å². The van der Waals surface area contributed by atoms with Gasteiger partial charge in [0, 0.05) is 13.0 Å². The van der Waals surface area contributed by atoms with Crippen molar-refractivity contribution < 1.29 is 39.3 Å². The predicted molar refractivity (Wildman–Crippen MR) is 116 cm³/mol. The van der Waals surface area contributed by atoms with Crippen molar-refractivity contribution in [3.05, 3.63) is 0 Å². The van der Waals surface area contributed by atoms with Gasteiger partial charge in [-0.25, -0.2) is 4.79 Å². The quantitative estimate of drug-likeness (QED) is 0.179. The first-order valence-corrected chi connectivity index (χ1v) is 11.7. The van der Waals surface area contributed by atoms with Crippen molar-refractivity contribution in [2.45, 2.75) is 69.3 Å². The summed E-state index contributed by atoms with van der Waals surface area (Å²) in [6.07, 6.45) is 1.08. The van der Waals surface area contributed by atoms with E-state index in [0.717, 1.165) is 0 Å². The van der Waals surface area contributed by atoms with E-state index in [-0.39, 0.29) is 19.4 Å². The summed E-state index contributed by atoms with van der Waals surface area (Å²) in [5.41, 5.74) is 5.65. The van der Waals surface area contributed by atoms with Crippen molar-refractivity contribution in [1.29, 1.82) is 0 Å². The Labute approximate surface area is 190 Å². The molecule has 0 aromatic rings. The molecule has 1 heterocycles. The molecule has 182 valence electrons. The second-order valence-electron chi connectivity index (χ2n) is 7.63. The Hall–Kier alpha value is -2.38. The standard InChI is InChI=1S/C19H32N4O8S/c1-10(24)15(20)17(28)21-11(7-9-32-2)18(29)23-8-3-4-13(23)16(27)22-12(19(30)31)5-6-14(25)26/h10-13,15,24H,3-9,20H2,1-2H3,(H,21,28)(H,22,27)(H,25,26)(H,30,31). The number of hydrogen-bond donors (Lipinski definition) is 6. The summed E-state index contributed by atoms with van der Waals surface area (Å²) in [5.74, 6) is -3.90. The summed E-state index contributed by atoms with van der Waals surface area (Å²) in [6.45, 7) is 1.60. The summed E-state index contributed by atoms with van der Waals surface area (Å²) in [7, 11) is 0. The summed E-state index contributed by atoms with van der Waals surface area (Å²) in [5, 5.41) is 32.4. The smallest absolute Gasteiger partial charge is 0.326 e. The van der Waals surface area contributed by atoms with Crippen LogP contribution in [0.15, 0.2) is 0 Å². The molecule has 1 rings (SSSR count).